The van der Waals surface area contributed by atoms with Gasteiger partial charge in [0.15, 0.2) is 11.5 Å². The SMILES string of the molecule is CC(N)Cc1cc2c(cc1OCC1CC1)OCO2. The molecule has 1 fully saturated rings. The van der Waals surface area contributed by atoms with Gasteiger partial charge in [-0.3, -0.25) is 0 Å². The molecule has 0 radical (unpaired) electrons. The van der Waals surface area contributed by atoms with Gasteiger partial charge in [-0.25, -0.2) is 0 Å². The molecule has 4 heteroatoms. The van der Waals surface area contributed by atoms with Gasteiger partial charge in [-0.15, -0.1) is 0 Å². The van der Waals surface area contributed by atoms with E-state index in [2.05, 4.69) is 0 Å². The van der Waals surface area contributed by atoms with E-state index in [0.717, 1.165) is 41.8 Å². The lowest BCUT2D eigenvalue weighted by atomic mass is 10.1. The fourth-order valence-corrected chi connectivity index (χ4v) is 2.10. The third kappa shape index (κ3) is 2.53. The largest absolute Gasteiger partial charge is 0.493 e. The predicted octanol–water partition coefficient (Wildman–Crippen LogP) is 2.09. The van der Waals surface area contributed by atoms with E-state index in [1.807, 2.05) is 19.1 Å². The lowest BCUT2D eigenvalue weighted by molar-refractivity contribution is 0.173. The summed E-state index contributed by atoms with van der Waals surface area (Å²) < 4.78 is 16.7. The maximum atomic E-state index is 5.90. The van der Waals surface area contributed by atoms with Crippen LogP contribution in [0.1, 0.15) is 25.3 Å². The highest BCUT2D eigenvalue weighted by Gasteiger charge is 2.24. The Morgan fingerprint density at radius 3 is 2.72 bits per heavy atom. The average Bonchev–Trinajstić information content (AvgIpc) is 3.04. The first-order valence-electron chi connectivity index (χ1n) is 6.53. The Labute approximate surface area is 107 Å². The topological polar surface area (TPSA) is 53.7 Å². The van der Waals surface area contributed by atoms with Crippen LogP contribution in [0.15, 0.2) is 12.1 Å². The van der Waals surface area contributed by atoms with E-state index >= 15 is 0 Å². The van der Waals surface area contributed by atoms with Crippen molar-refractivity contribution in [3.63, 3.8) is 0 Å². The van der Waals surface area contributed by atoms with Crippen LogP contribution >= 0.6 is 0 Å². The van der Waals surface area contributed by atoms with Crippen LogP contribution < -0.4 is 19.9 Å². The Bertz CT molecular complexity index is 441. The monoisotopic (exact) mass is 249 g/mol. The Kier molecular flexibility index (Phi) is 3.04. The Balaban J connectivity index is 1.82. The molecule has 0 bridgehead atoms. The number of ether oxygens (including phenoxy) is 3. The van der Waals surface area contributed by atoms with Gasteiger partial charge < -0.3 is 19.9 Å². The average molecular weight is 249 g/mol. The highest BCUT2D eigenvalue weighted by Crippen LogP contribution is 2.39. The van der Waals surface area contributed by atoms with Crippen molar-refractivity contribution in [1.82, 2.24) is 0 Å². The Morgan fingerprint density at radius 1 is 1.33 bits per heavy atom. The van der Waals surface area contributed by atoms with Gasteiger partial charge in [0.05, 0.1) is 6.61 Å². The van der Waals surface area contributed by atoms with Crippen molar-refractivity contribution in [2.24, 2.45) is 11.7 Å². The van der Waals surface area contributed by atoms with Crippen LogP contribution in [0, 0.1) is 5.92 Å². The molecule has 1 saturated carbocycles. The summed E-state index contributed by atoms with van der Waals surface area (Å²) in [6.07, 6.45) is 3.36. The number of hydrogen-bond donors (Lipinski definition) is 1. The number of fused-ring (bicyclic) bond motifs is 1. The van der Waals surface area contributed by atoms with Gasteiger partial charge in [0.2, 0.25) is 6.79 Å². The third-order valence-electron chi connectivity index (χ3n) is 3.27. The van der Waals surface area contributed by atoms with E-state index in [1.165, 1.54) is 12.8 Å². The van der Waals surface area contributed by atoms with E-state index < -0.39 is 0 Å². The minimum Gasteiger partial charge on any atom is -0.493 e. The zero-order valence-electron chi connectivity index (χ0n) is 10.6. The van der Waals surface area contributed by atoms with Crippen LogP contribution in [0.3, 0.4) is 0 Å². The second-order valence-corrected chi connectivity index (χ2v) is 5.25. The van der Waals surface area contributed by atoms with Crippen LogP contribution in [-0.4, -0.2) is 19.4 Å². The zero-order valence-corrected chi connectivity index (χ0v) is 10.6. The molecule has 0 spiro atoms. The van der Waals surface area contributed by atoms with Crippen molar-refractivity contribution < 1.29 is 14.2 Å². The first-order valence-corrected chi connectivity index (χ1v) is 6.53. The quantitative estimate of drug-likeness (QED) is 0.868. The molecule has 3 rings (SSSR count). The van der Waals surface area contributed by atoms with E-state index in [0.29, 0.717) is 6.79 Å². The fraction of sp³-hybridized carbons (Fsp3) is 0.571. The van der Waals surface area contributed by atoms with Crippen molar-refractivity contribution >= 4 is 0 Å². The van der Waals surface area contributed by atoms with Gasteiger partial charge in [0.25, 0.3) is 0 Å². The second-order valence-electron chi connectivity index (χ2n) is 5.25. The van der Waals surface area contributed by atoms with E-state index in [9.17, 15) is 0 Å². The molecule has 1 heterocycles. The van der Waals surface area contributed by atoms with Gasteiger partial charge >= 0.3 is 0 Å². The molecule has 1 aromatic rings. The molecular weight excluding hydrogens is 230 g/mol. The summed E-state index contributed by atoms with van der Waals surface area (Å²) in [6, 6.07) is 4.03. The number of nitrogens with two attached hydrogens (primary N) is 1. The molecule has 98 valence electrons. The number of hydrogen-bond acceptors (Lipinski definition) is 4. The molecule has 1 aromatic carbocycles. The van der Waals surface area contributed by atoms with Crippen molar-refractivity contribution in [2.45, 2.75) is 32.2 Å². The van der Waals surface area contributed by atoms with E-state index in [4.69, 9.17) is 19.9 Å². The second kappa shape index (κ2) is 4.69. The molecule has 2 aliphatic rings. The van der Waals surface area contributed by atoms with E-state index in [1.54, 1.807) is 0 Å². The summed E-state index contributed by atoms with van der Waals surface area (Å²) in [6.45, 7) is 3.08. The molecular formula is C14H19NO3. The predicted molar refractivity (Wildman–Crippen MR) is 68.1 cm³/mol. The standard InChI is InChI=1S/C14H19NO3/c1-9(15)4-11-5-13-14(18-8-17-13)6-12(11)16-7-10-2-3-10/h5-6,9-10H,2-4,7-8,15H2,1H3. The lowest BCUT2D eigenvalue weighted by Gasteiger charge is -2.14. The normalized spacial score (nSPS) is 18.8. The molecule has 1 aliphatic heterocycles. The van der Waals surface area contributed by atoms with Crippen LogP contribution in [0.5, 0.6) is 17.2 Å². The minimum absolute atomic E-state index is 0.105. The van der Waals surface area contributed by atoms with Crippen LogP contribution in [0.2, 0.25) is 0 Å². The van der Waals surface area contributed by atoms with E-state index in [-0.39, 0.29) is 6.04 Å². The van der Waals surface area contributed by atoms with Gasteiger partial charge in [-0.1, -0.05) is 0 Å². The first kappa shape index (κ1) is 11.7. The molecule has 0 aromatic heterocycles. The fourth-order valence-electron chi connectivity index (χ4n) is 2.10. The molecule has 1 unspecified atom stereocenters. The van der Waals surface area contributed by atoms with Gasteiger partial charge in [0, 0.05) is 12.1 Å². The summed E-state index contributed by atoms with van der Waals surface area (Å²) in [5.41, 5.74) is 6.99. The molecule has 1 atom stereocenters. The molecule has 0 amide bonds. The highest BCUT2D eigenvalue weighted by atomic mass is 16.7. The van der Waals surface area contributed by atoms with Crippen molar-refractivity contribution in [3.05, 3.63) is 17.7 Å². The minimum atomic E-state index is 0.105. The molecule has 4 nitrogen and oxygen atoms in total. The first-order chi connectivity index (χ1) is 8.72. The number of benzene rings is 1. The maximum Gasteiger partial charge on any atom is 0.231 e. The van der Waals surface area contributed by atoms with Crippen LogP contribution in [0.25, 0.3) is 0 Å². The summed E-state index contributed by atoms with van der Waals surface area (Å²) in [5.74, 6) is 3.20. The zero-order chi connectivity index (χ0) is 12.5. The third-order valence-corrected chi connectivity index (χ3v) is 3.27. The summed E-state index contributed by atoms with van der Waals surface area (Å²) in [5, 5.41) is 0. The van der Waals surface area contributed by atoms with Gasteiger partial charge in [0.1, 0.15) is 5.75 Å². The summed E-state index contributed by atoms with van der Waals surface area (Å²) >= 11 is 0. The lowest BCUT2D eigenvalue weighted by Crippen LogP contribution is -2.18. The maximum absolute atomic E-state index is 5.90. The Morgan fingerprint density at radius 2 is 2.06 bits per heavy atom. The van der Waals surface area contributed by atoms with Crippen LogP contribution in [0.4, 0.5) is 0 Å². The summed E-state index contributed by atoms with van der Waals surface area (Å²) in [7, 11) is 0. The molecule has 18 heavy (non-hydrogen) atoms. The highest BCUT2D eigenvalue weighted by molar-refractivity contribution is 5.52. The molecule has 0 saturated heterocycles. The van der Waals surface area contributed by atoms with Gasteiger partial charge in [-0.2, -0.15) is 0 Å². The molecule has 1 aliphatic carbocycles. The van der Waals surface area contributed by atoms with Crippen LogP contribution in [-0.2, 0) is 6.42 Å². The van der Waals surface area contributed by atoms with Crippen molar-refractivity contribution in [3.8, 4) is 17.2 Å². The molecule has 2 N–H and O–H groups in total. The number of rotatable bonds is 5. The smallest absolute Gasteiger partial charge is 0.231 e. The van der Waals surface area contributed by atoms with Crippen molar-refractivity contribution in [1.29, 1.82) is 0 Å². The summed E-state index contributed by atoms with van der Waals surface area (Å²) in [4.78, 5) is 0. The Hall–Kier alpha value is -1.42. The van der Waals surface area contributed by atoms with Gasteiger partial charge in [-0.05, 0) is 43.7 Å². The van der Waals surface area contributed by atoms with Crippen molar-refractivity contribution in [2.75, 3.05) is 13.4 Å².